The van der Waals surface area contributed by atoms with Crippen LogP contribution in [0.5, 0.6) is 0 Å². The maximum absolute atomic E-state index is 5.46. The van der Waals surface area contributed by atoms with Gasteiger partial charge in [-0.1, -0.05) is 0 Å². The van der Waals surface area contributed by atoms with E-state index >= 15 is 0 Å². The first-order valence-corrected chi connectivity index (χ1v) is 3.79. The minimum absolute atomic E-state index is 0.419. The zero-order valence-electron chi connectivity index (χ0n) is 7.05. The molecule has 0 aliphatic rings. The molecular weight excluding hydrogens is 142 g/mol. The van der Waals surface area contributed by atoms with E-state index in [-0.39, 0.29) is 0 Å². The summed E-state index contributed by atoms with van der Waals surface area (Å²) >= 11 is 0. The Kier molecular flexibility index (Phi) is 7.08. The van der Waals surface area contributed by atoms with E-state index in [1.807, 2.05) is 0 Å². The highest BCUT2D eigenvalue weighted by atomic mass is 16.5. The van der Waals surface area contributed by atoms with Crippen LogP contribution < -0.4 is 11.5 Å². The molecule has 0 saturated carbocycles. The lowest BCUT2D eigenvalue weighted by atomic mass is 10.3. The Morgan fingerprint density at radius 2 is 2.18 bits per heavy atom. The van der Waals surface area contributed by atoms with Gasteiger partial charge in [0, 0.05) is 13.7 Å². The number of nitrogens with two attached hydrogens (primary N) is 2. The number of hydrogen-bond donors (Lipinski definition) is 2. The van der Waals surface area contributed by atoms with Crippen LogP contribution in [0.3, 0.4) is 0 Å². The van der Waals surface area contributed by atoms with Gasteiger partial charge in [-0.3, -0.25) is 4.99 Å². The Morgan fingerprint density at radius 1 is 1.45 bits per heavy atom. The fourth-order valence-electron chi connectivity index (χ4n) is 0.672. The molecule has 4 N–H and O–H groups in total. The van der Waals surface area contributed by atoms with Crippen molar-refractivity contribution in [2.45, 2.75) is 12.8 Å². The molecule has 0 radical (unpaired) electrons. The lowest BCUT2D eigenvalue weighted by Crippen LogP contribution is -2.18. The molecule has 4 heteroatoms. The van der Waals surface area contributed by atoms with Crippen molar-refractivity contribution in [2.24, 2.45) is 16.5 Å². The van der Waals surface area contributed by atoms with Gasteiger partial charge in [-0.05, 0) is 19.4 Å². The van der Waals surface area contributed by atoms with E-state index in [9.17, 15) is 0 Å². The lowest BCUT2D eigenvalue weighted by molar-refractivity contribution is 0.244. The fraction of sp³-hybridized carbons (Fsp3) is 0.857. The van der Waals surface area contributed by atoms with Crippen molar-refractivity contribution in [3.8, 4) is 0 Å². The molecule has 0 amide bonds. The van der Waals surface area contributed by atoms with E-state index in [1.165, 1.54) is 0 Å². The van der Waals surface area contributed by atoms with Crippen LogP contribution in [0, 0.1) is 0 Å². The molecule has 0 spiro atoms. The van der Waals surface area contributed by atoms with Gasteiger partial charge in [-0.15, -0.1) is 0 Å². The maximum Gasteiger partial charge on any atom is 0.120 e. The van der Waals surface area contributed by atoms with Crippen LogP contribution in [-0.2, 0) is 4.74 Å². The third kappa shape index (κ3) is 7.29. The van der Waals surface area contributed by atoms with Crippen LogP contribution in [0.1, 0.15) is 12.8 Å². The second-order valence-electron chi connectivity index (χ2n) is 2.30. The lowest BCUT2D eigenvalue weighted by Gasteiger charge is -1.98. The number of aliphatic imine (C=N–C) groups is 1. The standard InChI is InChI=1S/C7H17N3O/c1-11-6-7(9)10-5-3-2-4-8/h2-6,8H2,1H3,(H2,9,10). The highest BCUT2D eigenvalue weighted by Crippen LogP contribution is 1.86. The molecular formula is C7H17N3O. The SMILES string of the molecule is COCC(N)=NCCCCN. The average molecular weight is 159 g/mol. The second kappa shape index (κ2) is 7.50. The summed E-state index contributed by atoms with van der Waals surface area (Å²) in [6, 6.07) is 0. The molecule has 11 heavy (non-hydrogen) atoms. The topological polar surface area (TPSA) is 73.6 Å². The quantitative estimate of drug-likeness (QED) is 0.318. The van der Waals surface area contributed by atoms with E-state index in [0.717, 1.165) is 25.9 Å². The van der Waals surface area contributed by atoms with Crippen molar-refractivity contribution in [1.29, 1.82) is 0 Å². The Morgan fingerprint density at radius 3 is 2.73 bits per heavy atom. The molecule has 0 aliphatic carbocycles. The third-order valence-electron chi connectivity index (χ3n) is 1.22. The molecule has 0 rings (SSSR count). The predicted molar refractivity (Wildman–Crippen MR) is 46.7 cm³/mol. The molecule has 0 atom stereocenters. The molecule has 66 valence electrons. The van der Waals surface area contributed by atoms with E-state index in [4.69, 9.17) is 16.2 Å². The number of hydrogen-bond acceptors (Lipinski definition) is 3. The van der Waals surface area contributed by atoms with Crippen molar-refractivity contribution in [3.63, 3.8) is 0 Å². The highest BCUT2D eigenvalue weighted by Gasteiger charge is 1.88. The minimum Gasteiger partial charge on any atom is -0.386 e. The van der Waals surface area contributed by atoms with E-state index < -0.39 is 0 Å². The fourth-order valence-corrected chi connectivity index (χ4v) is 0.672. The van der Waals surface area contributed by atoms with E-state index in [2.05, 4.69) is 4.99 Å². The molecule has 0 fully saturated rings. The molecule has 0 aromatic rings. The number of ether oxygens (including phenoxy) is 1. The molecule has 4 nitrogen and oxygen atoms in total. The van der Waals surface area contributed by atoms with Crippen LogP contribution >= 0.6 is 0 Å². The van der Waals surface area contributed by atoms with Gasteiger partial charge < -0.3 is 16.2 Å². The average Bonchev–Trinajstić information content (AvgIpc) is 1.99. The van der Waals surface area contributed by atoms with E-state index in [1.54, 1.807) is 7.11 Å². The van der Waals surface area contributed by atoms with Crippen molar-refractivity contribution in [2.75, 3.05) is 26.8 Å². The molecule has 0 unspecified atom stereocenters. The van der Waals surface area contributed by atoms with Crippen LogP contribution in [0.15, 0.2) is 4.99 Å². The monoisotopic (exact) mass is 159 g/mol. The smallest absolute Gasteiger partial charge is 0.120 e. The zero-order chi connectivity index (χ0) is 8.53. The van der Waals surface area contributed by atoms with Crippen molar-refractivity contribution < 1.29 is 4.74 Å². The van der Waals surface area contributed by atoms with Crippen LogP contribution in [0.2, 0.25) is 0 Å². The molecule has 0 aliphatic heterocycles. The van der Waals surface area contributed by atoms with Gasteiger partial charge in [-0.2, -0.15) is 0 Å². The van der Waals surface area contributed by atoms with Gasteiger partial charge in [0.25, 0.3) is 0 Å². The summed E-state index contributed by atoms with van der Waals surface area (Å²) in [7, 11) is 1.60. The van der Waals surface area contributed by atoms with Crippen LogP contribution in [0.4, 0.5) is 0 Å². The summed E-state index contributed by atoms with van der Waals surface area (Å²) in [4.78, 5) is 4.07. The Balaban J connectivity index is 3.24. The van der Waals surface area contributed by atoms with Crippen molar-refractivity contribution >= 4 is 5.84 Å². The summed E-state index contributed by atoms with van der Waals surface area (Å²) in [5.41, 5.74) is 10.8. The van der Waals surface area contributed by atoms with Crippen molar-refractivity contribution in [1.82, 2.24) is 0 Å². The van der Waals surface area contributed by atoms with E-state index in [0.29, 0.717) is 12.4 Å². The largest absolute Gasteiger partial charge is 0.386 e. The number of nitrogens with zero attached hydrogens (tertiary/aromatic N) is 1. The first-order valence-electron chi connectivity index (χ1n) is 3.79. The Hall–Kier alpha value is -0.610. The predicted octanol–water partition coefficient (Wildman–Crippen LogP) is -0.271. The Bertz CT molecular complexity index is 114. The second-order valence-corrected chi connectivity index (χ2v) is 2.30. The molecule has 0 aromatic heterocycles. The summed E-state index contributed by atoms with van der Waals surface area (Å²) < 4.78 is 4.78. The molecule has 0 saturated heterocycles. The van der Waals surface area contributed by atoms with Crippen molar-refractivity contribution in [3.05, 3.63) is 0 Å². The molecule has 0 heterocycles. The number of unbranched alkanes of at least 4 members (excludes halogenated alkanes) is 1. The Labute approximate surface area is 67.6 Å². The summed E-state index contributed by atoms with van der Waals surface area (Å²) in [6.45, 7) is 1.90. The zero-order valence-corrected chi connectivity index (χ0v) is 7.05. The summed E-state index contributed by atoms with van der Waals surface area (Å²) in [6.07, 6.45) is 2.00. The number of methoxy groups -OCH3 is 1. The summed E-state index contributed by atoms with van der Waals surface area (Å²) in [5.74, 6) is 0.560. The highest BCUT2D eigenvalue weighted by molar-refractivity contribution is 5.81. The minimum atomic E-state index is 0.419. The van der Waals surface area contributed by atoms with Gasteiger partial charge in [0.15, 0.2) is 0 Å². The van der Waals surface area contributed by atoms with Crippen LogP contribution in [-0.4, -0.2) is 32.6 Å². The first-order chi connectivity index (χ1) is 5.31. The van der Waals surface area contributed by atoms with Gasteiger partial charge in [0.1, 0.15) is 12.4 Å². The van der Waals surface area contributed by atoms with Gasteiger partial charge >= 0.3 is 0 Å². The molecule has 0 aromatic carbocycles. The summed E-state index contributed by atoms with van der Waals surface area (Å²) in [5, 5.41) is 0. The van der Waals surface area contributed by atoms with Gasteiger partial charge in [-0.25, -0.2) is 0 Å². The number of amidine groups is 1. The molecule has 0 bridgehead atoms. The first kappa shape index (κ1) is 10.4. The maximum atomic E-state index is 5.46. The van der Waals surface area contributed by atoms with Gasteiger partial charge in [0.2, 0.25) is 0 Å². The third-order valence-corrected chi connectivity index (χ3v) is 1.22. The van der Waals surface area contributed by atoms with Crippen LogP contribution in [0.25, 0.3) is 0 Å². The normalized spacial score (nSPS) is 12.0. The van der Waals surface area contributed by atoms with Gasteiger partial charge in [0.05, 0.1) is 0 Å². The number of rotatable bonds is 6.